The summed E-state index contributed by atoms with van der Waals surface area (Å²) in [4.78, 5) is 14.0. The highest BCUT2D eigenvalue weighted by molar-refractivity contribution is 5.65. The number of halogens is 1. The fourth-order valence-corrected chi connectivity index (χ4v) is 2.70. The van der Waals surface area contributed by atoms with Crippen molar-refractivity contribution in [3.05, 3.63) is 34.1 Å². The van der Waals surface area contributed by atoms with Gasteiger partial charge in [0, 0.05) is 19.1 Å². The highest BCUT2D eigenvalue weighted by Gasteiger charge is 2.35. The van der Waals surface area contributed by atoms with E-state index in [1.807, 2.05) is 19.0 Å². The van der Waals surface area contributed by atoms with E-state index in [2.05, 4.69) is 0 Å². The number of aliphatic hydroxyl groups excluding tert-OH is 1. The van der Waals surface area contributed by atoms with Crippen molar-refractivity contribution in [2.45, 2.75) is 18.6 Å². The largest absolute Gasteiger partial charge is 0.391 e. The standard InChI is InChI=1S/C13H18FN3O3/c1-15(2)7-9-6-10(18)8-16(9)12-5-3-4-11(14)13(12)17(19)20/h3-5,9-10,18H,6-8H2,1-2H3. The predicted molar refractivity (Wildman–Crippen MR) is 73.4 cm³/mol. The summed E-state index contributed by atoms with van der Waals surface area (Å²) < 4.78 is 13.7. The van der Waals surface area contributed by atoms with Crippen molar-refractivity contribution in [1.82, 2.24) is 4.90 Å². The molecule has 1 aromatic carbocycles. The van der Waals surface area contributed by atoms with Crippen LogP contribution in [0, 0.1) is 15.9 Å². The molecule has 0 saturated carbocycles. The molecule has 110 valence electrons. The Morgan fingerprint density at radius 3 is 2.85 bits per heavy atom. The molecule has 6 nitrogen and oxygen atoms in total. The van der Waals surface area contributed by atoms with Crippen LogP contribution in [0.4, 0.5) is 15.8 Å². The molecule has 2 atom stereocenters. The number of β-amino-alcohol motifs (C(OH)–C–C–N with tert-alkyl or cyclic N) is 1. The van der Waals surface area contributed by atoms with Crippen LogP contribution >= 0.6 is 0 Å². The molecule has 20 heavy (non-hydrogen) atoms. The van der Waals surface area contributed by atoms with Crippen LogP contribution in [-0.2, 0) is 0 Å². The molecule has 7 heteroatoms. The average Bonchev–Trinajstić information content (AvgIpc) is 2.68. The monoisotopic (exact) mass is 283 g/mol. The van der Waals surface area contributed by atoms with Crippen molar-refractivity contribution >= 4 is 11.4 Å². The SMILES string of the molecule is CN(C)CC1CC(O)CN1c1cccc(F)c1[N+](=O)[O-]. The van der Waals surface area contributed by atoms with Gasteiger partial charge in [-0.05, 0) is 32.6 Å². The van der Waals surface area contributed by atoms with Gasteiger partial charge < -0.3 is 14.9 Å². The first-order valence-corrected chi connectivity index (χ1v) is 6.42. The van der Waals surface area contributed by atoms with Crippen molar-refractivity contribution in [1.29, 1.82) is 0 Å². The third-order valence-electron chi connectivity index (χ3n) is 3.43. The van der Waals surface area contributed by atoms with Gasteiger partial charge >= 0.3 is 5.69 Å². The number of rotatable bonds is 4. The first-order valence-electron chi connectivity index (χ1n) is 6.42. The Bertz CT molecular complexity index is 510. The molecule has 1 heterocycles. The zero-order valence-electron chi connectivity index (χ0n) is 11.5. The van der Waals surface area contributed by atoms with Crippen molar-refractivity contribution < 1.29 is 14.4 Å². The molecule has 0 bridgehead atoms. The van der Waals surface area contributed by atoms with Gasteiger partial charge in [-0.2, -0.15) is 4.39 Å². The summed E-state index contributed by atoms with van der Waals surface area (Å²) in [5, 5.41) is 20.9. The van der Waals surface area contributed by atoms with Gasteiger partial charge in [-0.25, -0.2) is 0 Å². The molecule has 0 aliphatic carbocycles. The molecule has 0 amide bonds. The fourth-order valence-electron chi connectivity index (χ4n) is 2.70. The molecule has 1 fully saturated rings. The van der Waals surface area contributed by atoms with E-state index in [0.717, 1.165) is 6.07 Å². The Morgan fingerprint density at radius 2 is 2.25 bits per heavy atom. The Hall–Kier alpha value is -1.73. The van der Waals surface area contributed by atoms with E-state index >= 15 is 0 Å². The number of anilines is 1. The van der Waals surface area contributed by atoms with E-state index in [1.54, 1.807) is 4.90 Å². The fraction of sp³-hybridized carbons (Fsp3) is 0.538. The van der Waals surface area contributed by atoms with E-state index in [9.17, 15) is 19.6 Å². The average molecular weight is 283 g/mol. The first kappa shape index (κ1) is 14.7. The summed E-state index contributed by atoms with van der Waals surface area (Å²) in [6.45, 7) is 0.924. The second kappa shape index (κ2) is 5.72. The summed E-state index contributed by atoms with van der Waals surface area (Å²) in [5.41, 5.74) is -0.288. The zero-order valence-corrected chi connectivity index (χ0v) is 11.5. The second-order valence-corrected chi connectivity index (χ2v) is 5.32. The Balaban J connectivity index is 2.39. The van der Waals surface area contributed by atoms with E-state index in [0.29, 0.717) is 13.0 Å². The highest BCUT2D eigenvalue weighted by atomic mass is 19.1. The number of benzene rings is 1. The quantitative estimate of drug-likeness (QED) is 0.665. The van der Waals surface area contributed by atoms with Crippen molar-refractivity contribution in [2.75, 3.05) is 32.1 Å². The van der Waals surface area contributed by atoms with Gasteiger partial charge in [-0.1, -0.05) is 6.07 Å². The lowest BCUT2D eigenvalue weighted by Gasteiger charge is -2.28. The molecule has 2 unspecified atom stereocenters. The van der Waals surface area contributed by atoms with Crippen molar-refractivity contribution in [3.8, 4) is 0 Å². The topological polar surface area (TPSA) is 69.8 Å². The van der Waals surface area contributed by atoms with E-state index in [-0.39, 0.29) is 18.3 Å². The molecule has 1 N–H and O–H groups in total. The maximum atomic E-state index is 13.7. The number of para-hydroxylation sites is 1. The number of hydrogen-bond acceptors (Lipinski definition) is 5. The lowest BCUT2D eigenvalue weighted by Crippen LogP contribution is -2.38. The minimum Gasteiger partial charge on any atom is -0.391 e. The summed E-state index contributed by atoms with van der Waals surface area (Å²) in [5.74, 6) is -0.850. The van der Waals surface area contributed by atoms with Gasteiger partial charge in [0.15, 0.2) is 0 Å². The lowest BCUT2D eigenvalue weighted by molar-refractivity contribution is -0.386. The van der Waals surface area contributed by atoms with Crippen LogP contribution in [0.15, 0.2) is 18.2 Å². The van der Waals surface area contributed by atoms with Crippen LogP contribution in [0.1, 0.15) is 6.42 Å². The number of nitro groups is 1. The molecule has 1 saturated heterocycles. The maximum absolute atomic E-state index is 13.7. The minimum atomic E-state index is -0.850. The minimum absolute atomic E-state index is 0.0690. The zero-order chi connectivity index (χ0) is 14.9. The number of likely N-dealkylation sites (N-methyl/N-ethyl adjacent to an activating group) is 1. The summed E-state index contributed by atoms with van der Waals surface area (Å²) in [7, 11) is 3.78. The van der Waals surface area contributed by atoms with E-state index in [4.69, 9.17) is 0 Å². The van der Waals surface area contributed by atoms with Crippen molar-refractivity contribution in [2.24, 2.45) is 0 Å². The van der Waals surface area contributed by atoms with E-state index < -0.39 is 22.5 Å². The third kappa shape index (κ3) is 2.88. The summed E-state index contributed by atoms with van der Waals surface area (Å²) in [6.07, 6.45) is -0.0333. The summed E-state index contributed by atoms with van der Waals surface area (Å²) >= 11 is 0. The smallest absolute Gasteiger partial charge is 0.327 e. The Kier molecular flexibility index (Phi) is 4.20. The Morgan fingerprint density at radius 1 is 1.55 bits per heavy atom. The second-order valence-electron chi connectivity index (χ2n) is 5.32. The van der Waals surface area contributed by atoms with Crippen LogP contribution < -0.4 is 4.90 Å². The summed E-state index contributed by atoms with van der Waals surface area (Å²) in [6, 6.07) is 3.99. The van der Waals surface area contributed by atoms with Crippen LogP contribution in [0.2, 0.25) is 0 Å². The third-order valence-corrected chi connectivity index (χ3v) is 3.43. The van der Waals surface area contributed by atoms with Gasteiger partial charge in [-0.3, -0.25) is 10.1 Å². The number of hydrogen-bond donors (Lipinski definition) is 1. The van der Waals surface area contributed by atoms with Gasteiger partial charge in [0.1, 0.15) is 5.69 Å². The Labute approximate surface area is 116 Å². The van der Waals surface area contributed by atoms with Crippen molar-refractivity contribution in [3.63, 3.8) is 0 Å². The molecule has 0 spiro atoms. The normalized spacial score (nSPS) is 22.6. The van der Waals surface area contributed by atoms with Crippen LogP contribution in [0.25, 0.3) is 0 Å². The van der Waals surface area contributed by atoms with Gasteiger partial charge in [0.25, 0.3) is 0 Å². The predicted octanol–water partition coefficient (Wildman–Crippen LogP) is 1.24. The highest BCUT2D eigenvalue weighted by Crippen LogP contribution is 2.35. The van der Waals surface area contributed by atoms with Crippen LogP contribution in [-0.4, -0.2) is 54.3 Å². The molecular formula is C13H18FN3O3. The molecule has 2 rings (SSSR count). The molecule has 1 aromatic rings. The molecule has 0 aromatic heterocycles. The van der Waals surface area contributed by atoms with Crippen LogP contribution in [0.5, 0.6) is 0 Å². The van der Waals surface area contributed by atoms with E-state index in [1.165, 1.54) is 12.1 Å². The lowest BCUT2D eigenvalue weighted by atomic mass is 10.1. The van der Waals surface area contributed by atoms with Gasteiger partial charge in [-0.15, -0.1) is 0 Å². The number of aliphatic hydroxyl groups is 1. The maximum Gasteiger partial charge on any atom is 0.327 e. The molecule has 0 radical (unpaired) electrons. The molecule has 1 aliphatic rings. The number of nitro benzene ring substituents is 1. The van der Waals surface area contributed by atoms with Crippen LogP contribution in [0.3, 0.4) is 0 Å². The van der Waals surface area contributed by atoms with Gasteiger partial charge in [0.2, 0.25) is 5.82 Å². The molecular weight excluding hydrogens is 265 g/mol. The molecule has 1 aliphatic heterocycles. The first-order chi connectivity index (χ1) is 9.40. The number of nitrogens with zero attached hydrogens (tertiary/aromatic N) is 3. The van der Waals surface area contributed by atoms with Gasteiger partial charge in [0.05, 0.1) is 11.0 Å².